The molecule has 0 radical (unpaired) electrons. The Morgan fingerprint density at radius 2 is 1.97 bits per heavy atom. The lowest BCUT2D eigenvalue weighted by Gasteiger charge is -2.39. The number of carbonyl (C=O) groups is 2. The molecule has 2 N–H and O–H groups in total. The molecule has 0 bridgehead atoms. The Labute approximate surface area is 174 Å². The molecule has 3 aromatic rings. The zero-order chi connectivity index (χ0) is 21.1. The second-order valence-electron chi connectivity index (χ2n) is 7.57. The number of nitrogens with one attached hydrogen (secondary N) is 1. The van der Waals surface area contributed by atoms with Gasteiger partial charge in [0.2, 0.25) is 0 Å². The van der Waals surface area contributed by atoms with E-state index in [4.69, 9.17) is 4.74 Å². The monoisotopic (exact) mass is 407 g/mol. The summed E-state index contributed by atoms with van der Waals surface area (Å²) < 4.78 is 4.85. The molecule has 1 saturated heterocycles. The first-order valence-electron chi connectivity index (χ1n) is 10.0. The molecule has 30 heavy (non-hydrogen) atoms. The number of piperidine rings is 1. The molecule has 0 spiro atoms. The molecule has 7 nitrogen and oxygen atoms in total. The number of aromatic amines is 1. The molecule has 2 heterocycles. The Morgan fingerprint density at radius 3 is 2.70 bits per heavy atom. The molecule has 156 valence electrons. The van der Waals surface area contributed by atoms with Gasteiger partial charge in [-0.05, 0) is 54.8 Å². The first-order chi connectivity index (χ1) is 14.5. The Bertz CT molecular complexity index is 1050. The van der Waals surface area contributed by atoms with Crippen LogP contribution < -0.4 is 4.90 Å². The van der Waals surface area contributed by atoms with E-state index in [1.165, 1.54) is 12.0 Å². The summed E-state index contributed by atoms with van der Waals surface area (Å²) in [5.41, 5.74) is 3.69. The van der Waals surface area contributed by atoms with Crippen LogP contribution in [-0.4, -0.2) is 53.3 Å². The highest BCUT2D eigenvalue weighted by Gasteiger charge is 2.27. The number of aromatic nitrogens is 1. The van der Waals surface area contributed by atoms with E-state index in [0.717, 1.165) is 35.0 Å². The van der Waals surface area contributed by atoms with Crippen LogP contribution in [0, 0.1) is 0 Å². The standard InChI is InChI=1S/C23H25N3O4/c1-30-22(27)18-4-2-3-16(13-18)15-26(19-8-11-25(12-9-19)23(28)29)20-5-6-21-17(14-20)7-10-24-21/h2-7,10,13-14,19,24H,8-9,11-12,15H2,1H3,(H,28,29). The van der Waals surface area contributed by atoms with Crippen LogP contribution in [0.2, 0.25) is 0 Å². The Kier molecular flexibility index (Phi) is 5.61. The number of rotatable bonds is 5. The van der Waals surface area contributed by atoms with Gasteiger partial charge in [-0.15, -0.1) is 0 Å². The van der Waals surface area contributed by atoms with E-state index in [2.05, 4.69) is 28.1 Å². The third kappa shape index (κ3) is 4.10. The number of carbonyl (C=O) groups excluding carboxylic acids is 1. The van der Waals surface area contributed by atoms with E-state index < -0.39 is 6.09 Å². The Balaban J connectivity index is 1.63. The highest BCUT2D eigenvalue weighted by atomic mass is 16.5. The smallest absolute Gasteiger partial charge is 0.407 e. The van der Waals surface area contributed by atoms with Crippen LogP contribution in [0.1, 0.15) is 28.8 Å². The van der Waals surface area contributed by atoms with Crippen LogP contribution in [0.3, 0.4) is 0 Å². The van der Waals surface area contributed by atoms with E-state index in [-0.39, 0.29) is 12.0 Å². The van der Waals surface area contributed by atoms with Crippen molar-refractivity contribution in [3.8, 4) is 0 Å². The fourth-order valence-electron chi connectivity index (χ4n) is 4.13. The minimum Gasteiger partial charge on any atom is -0.465 e. The number of esters is 1. The van der Waals surface area contributed by atoms with Crippen LogP contribution in [0.25, 0.3) is 10.9 Å². The molecular formula is C23H25N3O4. The SMILES string of the molecule is COC(=O)c1cccc(CN(c2ccc3[nH]ccc3c2)C2CCN(C(=O)O)CC2)c1. The van der Waals surface area contributed by atoms with Crippen molar-refractivity contribution in [1.82, 2.24) is 9.88 Å². The predicted octanol–water partition coefficient (Wildman–Crippen LogP) is 4.10. The topological polar surface area (TPSA) is 85.9 Å². The van der Waals surface area contributed by atoms with Gasteiger partial charge in [0.25, 0.3) is 0 Å². The highest BCUT2D eigenvalue weighted by Crippen LogP contribution is 2.29. The van der Waals surface area contributed by atoms with Crippen LogP contribution in [0.5, 0.6) is 0 Å². The van der Waals surface area contributed by atoms with Crippen LogP contribution in [0.15, 0.2) is 54.7 Å². The fraction of sp³-hybridized carbons (Fsp3) is 0.304. The molecule has 1 aliphatic heterocycles. The van der Waals surface area contributed by atoms with Crippen molar-refractivity contribution in [3.05, 3.63) is 65.9 Å². The van der Waals surface area contributed by atoms with Gasteiger partial charge in [0.15, 0.2) is 0 Å². The Hall–Kier alpha value is -3.48. The number of benzene rings is 2. The van der Waals surface area contributed by atoms with Crippen molar-refractivity contribution in [2.24, 2.45) is 0 Å². The normalized spacial score (nSPS) is 14.6. The van der Waals surface area contributed by atoms with Gasteiger partial charge in [0.05, 0.1) is 12.7 Å². The molecule has 1 amide bonds. The Morgan fingerprint density at radius 1 is 1.17 bits per heavy atom. The quantitative estimate of drug-likeness (QED) is 0.622. The molecule has 0 unspecified atom stereocenters. The third-order valence-corrected chi connectivity index (χ3v) is 5.75. The van der Waals surface area contributed by atoms with Gasteiger partial charge in [-0.3, -0.25) is 0 Å². The number of H-pyrrole nitrogens is 1. The van der Waals surface area contributed by atoms with Crippen molar-refractivity contribution in [2.75, 3.05) is 25.1 Å². The van der Waals surface area contributed by atoms with Gasteiger partial charge < -0.3 is 24.6 Å². The summed E-state index contributed by atoms with van der Waals surface area (Å²) in [5.74, 6) is -0.355. The average Bonchev–Trinajstić information content (AvgIpc) is 3.25. The molecular weight excluding hydrogens is 382 g/mol. The number of hydrogen-bond acceptors (Lipinski definition) is 4. The summed E-state index contributed by atoms with van der Waals surface area (Å²) in [4.78, 5) is 30.3. The highest BCUT2D eigenvalue weighted by molar-refractivity contribution is 5.89. The number of amides is 1. The lowest BCUT2D eigenvalue weighted by Crippen LogP contribution is -2.46. The lowest BCUT2D eigenvalue weighted by atomic mass is 10.0. The zero-order valence-electron chi connectivity index (χ0n) is 16.9. The van der Waals surface area contributed by atoms with E-state index in [1.54, 1.807) is 6.07 Å². The number of nitrogens with zero attached hydrogens (tertiary/aromatic N) is 2. The molecule has 1 aliphatic rings. The average molecular weight is 407 g/mol. The summed E-state index contributed by atoms with van der Waals surface area (Å²) in [5, 5.41) is 10.4. The number of methoxy groups -OCH3 is 1. The molecule has 1 fully saturated rings. The number of hydrogen-bond donors (Lipinski definition) is 2. The van der Waals surface area contributed by atoms with Crippen LogP contribution in [0.4, 0.5) is 10.5 Å². The number of ether oxygens (including phenoxy) is 1. The minimum atomic E-state index is -0.862. The van der Waals surface area contributed by atoms with Crippen molar-refractivity contribution < 1.29 is 19.4 Å². The summed E-state index contributed by atoms with van der Waals surface area (Å²) in [6.07, 6.45) is 2.58. The molecule has 4 rings (SSSR count). The number of likely N-dealkylation sites (tertiary alicyclic amines) is 1. The summed E-state index contributed by atoms with van der Waals surface area (Å²) in [6, 6.07) is 16.0. The minimum absolute atomic E-state index is 0.207. The van der Waals surface area contributed by atoms with E-state index in [9.17, 15) is 14.7 Å². The maximum atomic E-state index is 11.9. The van der Waals surface area contributed by atoms with Crippen molar-refractivity contribution in [1.29, 1.82) is 0 Å². The van der Waals surface area contributed by atoms with Gasteiger partial charge >= 0.3 is 12.1 Å². The van der Waals surface area contributed by atoms with Crippen molar-refractivity contribution in [2.45, 2.75) is 25.4 Å². The molecule has 0 atom stereocenters. The number of anilines is 1. The van der Waals surface area contributed by atoms with Gasteiger partial charge in [0.1, 0.15) is 0 Å². The van der Waals surface area contributed by atoms with E-state index in [0.29, 0.717) is 25.2 Å². The maximum Gasteiger partial charge on any atom is 0.407 e. The summed E-state index contributed by atoms with van der Waals surface area (Å²) in [7, 11) is 1.38. The van der Waals surface area contributed by atoms with Crippen LogP contribution in [-0.2, 0) is 11.3 Å². The molecule has 7 heteroatoms. The number of fused-ring (bicyclic) bond motifs is 1. The zero-order valence-corrected chi connectivity index (χ0v) is 16.9. The third-order valence-electron chi connectivity index (χ3n) is 5.75. The van der Waals surface area contributed by atoms with E-state index in [1.807, 2.05) is 30.5 Å². The number of carboxylic acid groups (broad SMARTS) is 1. The first kappa shape index (κ1) is 19.8. The molecule has 2 aromatic carbocycles. The lowest BCUT2D eigenvalue weighted by molar-refractivity contribution is 0.0600. The molecule has 0 saturated carbocycles. The molecule has 0 aliphatic carbocycles. The fourth-order valence-corrected chi connectivity index (χ4v) is 4.13. The van der Waals surface area contributed by atoms with Gasteiger partial charge in [-0.1, -0.05) is 12.1 Å². The second kappa shape index (κ2) is 8.49. The summed E-state index contributed by atoms with van der Waals surface area (Å²) in [6.45, 7) is 1.66. The van der Waals surface area contributed by atoms with E-state index >= 15 is 0 Å². The largest absolute Gasteiger partial charge is 0.465 e. The maximum absolute atomic E-state index is 11.9. The van der Waals surface area contributed by atoms with Gasteiger partial charge in [-0.2, -0.15) is 0 Å². The van der Waals surface area contributed by atoms with Gasteiger partial charge in [0, 0.05) is 48.5 Å². The van der Waals surface area contributed by atoms with Crippen molar-refractivity contribution in [3.63, 3.8) is 0 Å². The summed E-state index contributed by atoms with van der Waals surface area (Å²) >= 11 is 0. The second-order valence-corrected chi connectivity index (χ2v) is 7.57. The predicted molar refractivity (Wildman–Crippen MR) is 115 cm³/mol. The molecule has 1 aromatic heterocycles. The van der Waals surface area contributed by atoms with Crippen molar-refractivity contribution >= 4 is 28.7 Å². The van der Waals surface area contributed by atoms with Crippen LogP contribution >= 0.6 is 0 Å². The van der Waals surface area contributed by atoms with Gasteiger partial charge in [-0.25, -0.2) is 9.59 Å². The first-order valence-corrected chi connectivity index (χ1v) is 10.0.